The molecule has 0 aromatic heterocycles. The summed E-state index contributed by atoms with van der Waals surface area (Å²) in [6.07, 6.45) is 0. The Kier molecular flexibility index (Phi) is 2.86. The minimum Gasteiger partial charge on any atom is -0.395 e. The van der Waals surface area contributed by atoms with E-state index in [2.05, 4.69) is 54.2 Å². The maximum absolute atomic E-state index is 5.29. The lowest BCUT2D eigenvalue weighted by Crippen LogP contribution is -2.50. The van der Waals surface area contributed by atoms with Gasteiger partial charge in [0.05, 0.1) is 11.6 Å². The average Bonchev–Trinajstić information content (AvgIpc) is 2.78. The standard InChI is InChI=1S/C15H20N2O/c1-15(2)11-17(8-12-6-4-3-5-7-12)9-13-10-18-16-14(13)15/h3-7,13H,8-11H2,1-2H3. The summed E-state index contributed by atoms with van der Waals surface area (Å²) < 4.78 is 0. The molecule has 0 amide bonds. The molecule has 1 aromatic carbocycles. The van der Waals surface area contributed by atoms with Gasteiger partial charge >= 0.3 is 0 Å². The summed E-state index contributed by atoms with van der Waals surface area (Å²) in [6.45, 7) is 8.44. The Morgan fingerprint density at radius 2 is 2.11 bits per heavy atom. The number of rotatable bonds is 2. The summed E-state index contributed by atoms with van der Waals surface area (Å²) >= 11 is 0. The number of hydrogen-bond donors (Lipinski definition) is 0. The largest absolute Gasteiger partial charge is 0.395 e. The molecule has 1 saturated heterocycles. The first-order chi connectivity index (χ1) is 8.65. The quantitative estimate of drug-likeness (QED) is 0.798. The van der Waals surface area contributed by atoms with Crippen molar-refractivity contribution in [2.45, 2.75) is 20.4 Å². The van der Waals surface area contributed by atoms with Gasteiger partial charge in [0.15, 0.2) is 0 Å². The maximum Gasteiger partial charge on any atom is 0.126 e. The van der Waals surface area contributed by atoms with Gasteiger partial charge in [-0.25, -0.2) is 0 Å². The van der Waals surface area contributed by atoms with E-state index in [4.69, 9.17) is 4.84 Å². The van der Waals surface area contributed by atoms with Crippen LogP contribution in [-0.4, -0.2) is 30.3 Å². The van der Waals surface area contributed by atoms with Crippen LogP contribution in [0.3, 0.4) is 0 Å². The van der Waals surface area contributed by atoms with Crippen LogP contribution in [0, 0.1) is 11.3 Å². The molecule has 2 aliphatic heterocycles. The van der Waals surface area contributed by atoms with Crippen LogP contribution in [0.25, 0.3) is 0 Å². The van der Waals surface area contributed by atoms with E-state index in [1.807, 2.05) is 0 Å². The first-order valence-corrected chi connectivity index (χ1v) is 6.62. The average molecular weight is 244 g/mol. The Hall–Kier alpha value is -1.35. The van der Waals surface area contributed by atoms with E-state index in [0.29, 0.717) is 5.92 Å². The lowest BCUT2D eigenvalue weighted by molar-refractivity contribution is 0.123. The smallest absolute Gasteiger partial charge is 0.126 e. The van der Waals surface area contributed by atoms with Crippen LogP contribution in [0.1, 0.15) is 19.4 Å². The third-order valence-electron chi connectivity index (χ3n) is 3.87. The highest BCUT2D eigenvalue weighted by Crippen LogP contribution is 2.33. The predicted molar refractivity (Wildman–Crippen MR) is 72.4 cm³/mol. The number of nitrogens with zero attached hydrogens (tertiary/aromatic N) is 2. The molecule has 1 fully saturated rings. The molecule has 1 atom stereocenters. The van der Waals surface area contributed by atoms with Crippen molar-refractivity contribution in [2.75, 3.05) is 19.7 Å². The molecule has 2 heterocycles. The highest BCUT2D eigenvalue weighted by atomic mass is 16.6. The highest BCUT2D eigenvalue weighted by Gasteiger charge is 2.42. The zero-order valence-electron chi connectivity index (χ0n) is 11.1. The van der Waals surface area contributed by atoms with E-state index in [0.717, 1.165) is 26.2 Å². The minimum atomic E-state index is 0.133. The van der Waals surface area contributed by atoms with Crippen molar-refractivity contribution in [2.24, 2.45) is 16.5 Å². The van der Waals surface area contributed by atoms with Gasteiger partial charge in [0.2, 0.25) is 0 Å². The zero-order valence-corrected chi connectivity index (χ0v) is 11.1. The fourth-order valence-electron chi connectivity index (χ4n) is 3.14. The van der Waals surface area contributed by atoms with E-state index >= 15 is 0 Å². The van der Waals surface area contributed by atoms with Crippen molar-refractivity contribution >= 4 is 5.71 Å². The Balaban J connectivity index is 1.74. The summed E-state index contributed by atoms with van der Waals surface area (Å²) in [4.78, 5) is 7.81. The van der Waals surface area contributed by atoms with Crippen LogP contribution in [0.5, 0.6) is 0 Å². The summed E-state index contributed by atoms with van der Waals surface area (Å²) in [5, 5.41) is 4.24. The molecule has 1 unspecified atom stereocenters. The molecule has 0 bridgehead atoms. The van der Waals surface area contributed by atoms with Crippen molar-refractivity contribution < 1.29 is 4.84 Å². The van der Waals surface area contributed by atoms with E-state index in [1.165, 1.54) is 11.3 Å². The van der Waals surface area contributed by atoms with Crippen LogP contribution in [0.4, 0.5) is 0 Å². The molecule has 3 heteroatoms. The van der Waals surface area contributed by atoms with Crippen molar-refractivity contribution in [3.05, 3.63) is 35.9 Å². The number of likely N-dealkylation sites (tertiary alicyclic amines) is 1. The van der Waals surface area contributed by atoms with Gasteiger partial charge in [-0.15, -0.1) is 0 Å². The van der Waals surface area contributed by atoms with Crippen LogP contribution in [0.15, 0.2) is 35.5 Å². The van der Waals surface area contributed by atoms with Crippen molar-refractivity contribution in [3.63, 3.8) is 0 Å². The fraction of sp³-hybridized carbons (Fsp3) is 0.533. The third-order valence-corrected chi connectivity index (χ3v) is 3.87. The minimum absolute atomic E-state index is 0.133. The van der Waals surface area contributed by atoms with Gasteiger partial charge in [-0.2, -0.15) is 0 Å². The summed E-state index contributed by atoms with van der Waals surface area (Å²) in [7, 11) is 0. The second kappa shape index (κ2) is 4.39. The van der Waals surface area contributed by atoms with Gasteiger partial charge in [0, 0.05) is 25.0 Å². The Morgan fingerprint density at radius 3 is 2.89 bits per heavy atom. The lowest BCUT2D eigenvalue weighted by atomic mass is 9.77. The number of oxime groups is 1. The summed E-state index contributed by atoms with van der Waals surface area (Å²) in [5.74, 6) is 0.484. The predicted octanol–water partition coefficient (Wildman–Crippen LogP) is 2.53. The van der Waals surface area contributed by atoms with Gasteiger partial charge < -0.3 is 4.84 Å². The fourth-order valence-corrected chi connectivity index (χ4v) is 3.14. The van der Waals surface area contributed by atoms with Crippen LogP contribution in [-0.2, 0) is 11.4 Å². The molecule has 18 heavy (non-hydrogen) atoms. The number of hydrogen-bond acceptors (Lipinski definition) is 3. The molecule has 0 N–H and O–H groups in total. The first kappa shape index (κ1) is 11.7. The van der Waals surface area contributed by atoms with Gasteiger partial charge in [-0.1, -0.05) is 49.3 Å². The number of piperidine rings is 1. The van der Waals surface area contributed by atoms with Gasteiger partial charge in [0.25, 0.3) is 0 Å². The first-order valence-electron chi connectivity index (χ1n) is 6.62. The zero-order chi connectivity index (χ0) is 12.6. The molecular weight excluding hydrogens is 224 g/mol. The molecule has 0 aliphatic carbocycles. The summed E-state index contributed by atoms with van der Waals surface area (Å²) in [6, 6.07) is 10.7. The number of fused-ring (bicyclic) bond motifs is 1. The molecule has 2 aliphatic rings. The number of benzene rings is 1. The van der Waals surface area contributed by atoms with Crippen LogP contribution in [0.2, 0.25) is 0 Å². The third kappa shape index (κ3) is 2.15. The second-order valence-electron chi connectivity index (χ2n) is 6.01. The van der Waals surface area contributed by atoms with Gasteiger partial charge in [0.1, 0.15) is 6.61 Å². The Labute approximate surface area is 108 Å². The van der Waals surface area contributed by atoms with Crippen molar-refractivity contribution in [3.8, 4) is 0 Å². The van der Waals surface area contributed by atoms with Crippen LogP contribution < -0.4 is 0 Å². The molecule has 3 nitrogen and oxygen atoms in total. The SMILES string of the molecule is CC1(C)CN(Cc2ccccc2)CC2CON=C21. The topological polar surface area (TPSA) is 24.8 Å². The Bertz CT molecular complexity index is 453. The monoisotopic (exact) mass is 244 g/mol. The van der Waals surface area contributed by atoms with E-state index in [1.54, 1.807) is 0 Å². The molecule has 1 aromatic rings. The molecule has 96 valence electrons. The van der Waals surface area contributed by atoms with Crippen LogP contribution >= 0.6 is 0 Å². The van der Waals surface area contributed by atoms with E-state index in [-0.39, 0.29) is 5.41 Å². The summed E-state index contributed by atoms with van der Waals surface area (Å²) in [5.41, 5.74) is 2.77. The highest BCUT2D eigenvalue weighted by molar-refractivity contribution is 5.93. The molecule has 0 spiro atoms. The van der Waals surface area contributed by atoms with E-state index < -0.39 is 0 Å². The van der Waals surface area contributed by atoms with Crippen molar-refractivity contribution in [1.29, 1.82) is 0 Å². The maximum atomic E-state index is 5.29. The molecule has 3 rings (SSSR count). The molecular formula is C15H20N2O. The molecule has 0 radical (unpaired) electrons. The molecule has 0 saturated carbocycles. The second-order valence-corrected chi connectivity index (χ2v) is 6.01. The normalized spacial score (nSPS) is 26.3. The van der Waals surface area contributed by atoms with E-state index in [9.17, 15) is 0 Å². The Morgan fingerprint density at radius 1 is 1.33 bits per heavy atom. The lowest BCUT2D eigenvalue weighted by Gasteiger charge is -2.40. The van der Waals surface area contributed by atoms with Crippen molar-refractivity contribution in [1.82, 2.24) is 4.90 Å². The van der Waals surface area contributed by atoms with Gasteiger partial charge in [-0.3, -0.25) is 4.90 Å². The van der Waals surface area contributed by atoms with Gasteiger partial charge in [-0.05, 0) is 5.56 Å².